The topological polar surface area (TPSA) is 40.5 Å². The van der Waals surface area contributed by atoms with Gasteiger partial charge in [-0.05, 0) is 16.9 Å². The second kappa shape index (κ2) is 5.17. The Kier molecular flexibility index (Phi) is 3.42. The maximum Gasteiger partial charge on any atom is 0.169 e. The van der Waals surface area contributed by atoms with E-state index in [9.17, 15) is 4.79 Å². The minimum absolute atomic E-state index is 0.0513. The summed E-state index contributed by atoms with van der Waals surface area (Å²) in [5.74, 6) is 0.346. The normalized spacial score (nSPS) is 25.2. The number of benzene rings is 1. The summed E-state index contributed by atoms with van der Waals surface area (Å²) in [5, 5.41) is 1.04. The molecule has 1 aliphatic heterocycles. The fraction of sp³-hybridized carbons (Fsp3) is 0.550. The predicted molar refractivity (Wildman–Crippen MR) is 93.0 cm³/mol. The van der Waals surface area contributed by atoms with Gasteiger partial charge in [0.2, 0.25) is 0 Å². The standard InChI is InChI=1S/C20H25NO3/c1-19(2)18(20(19,3)4)17(22)15-10-21(9-13-11-23-12-24-13)16-8-6-5-7-14(15)16/h5-8,10,13,18H,9,11-12H2,1-4H3. The highest BCUT2D eigenvalue weighted by atomic mass is 16.7. The van der Waals surface area contributed by atoms with Gasteiger partial charge in [0.1, 0.15) is 12.9 Å². The molecule has 4 heteroatoms. The molecule has 4 nitrogen and oxygen atoms in total. The van der Waals surface area contributed by atoms with Gasteiger partial charge in [0.05, 0.1) is 13.2 Å². The first-order chi connectivity index (χ1) is 11.3. The molecule has 2 fully saturated rings. The third-order valence-electron chi connectivity index (χ3n) is 6.43. The number of carbonyl (C=O) groups excluding carboxylic acids is 1. The van der Waals surface area contributed by atoms with Crippen molar-refractivity contribution in [2.45, 2.75) is 40.3 Å². The molecule has 4 rings (SSSR count). The first-order valence-electron chi connectivity index (χ1n) is 8.65. The van der Waals surface area contributed by atoms with Gasteiger partial charge in [0, 0.05) is 28.6 Å². The third-order valence-corrected chi connectivity index (χ3v) is 6.43. The highest BCUT2D eigenvalue weighted by molar-refractivity contribution is 6.11. The van der Waals surface area contributed by atoms with Crippen LogP contribution in [-0.4, -0.2) is 29.9 Å². The van der Waals surface area contributed by atoms with Crippen molar-refractivity contribution in [2.24, 2.45) is 16.7 Å². The molecule has 0 bridgehead atoms. The SMILES string of the molecule is CC1(C)C(C(=O)c2cn(CC3COCO3)c3ccccc23)C1(C)C. The lowest BCUT2D eigenvalue weighted by Crippen LogP contribution is -2.17. The summed E-state index contributed by atoms with van der Waals surface area (Å²) in [6, 6.07) is 8.14. The fourth-order valence-corrected chi connectivity index (χ4v) is 4.30. The molecule has 24 heavy (non-hydrogen) atoms. The summed E-state index contributed by atoms with van der Waals surface area (Å²) in [6.45, 7) is 10.5. The molecule has 1 aromatic carbocycles. The average Bonchev–Trinajstić information content (AvgIpc) is 2.99. The Morgan fingerprint density at radius 2 is 1.92 bits per heavy atom. The smallest absolute Gasteiger partial charge is 0.169 e. The van der Waals surface area contributed by atoms with E-state index >= 15 is 0 Å². The number of nitrogens with zero attached hydrogens (tertiary/aromatic N) is 1. The molecule has 128 valence electrons. The first kappa shape index (κ1) is 15.9. The number of Topliss-reactive ketones (excluding diaryl/α,β-unsaturated/α-hetero) is 1. The molecule has 2 aromatic rings. The lowest BCUT2D eigenvalue weighted by molar-refractivity contribution is 0.0426. The molecule has 0 amide bonds. The lowest BCUT2D eigenvalue weighted by Gasteiger charge is -2.09. The zero-order chi connectivity index (χ0) is 17.1. The summed E-state index contributed by atoms with van der Waals surface area (Å²) in [7, 11) is 0. The average molecular weight is 327 g/mol. The second-order valence-corrected chi connectivity index (χ2v) is 8.23. The summed E-state index contributed by atoms with van der Waals surface area (Å²) in [6.07, 6.45) is 2.07. The van der Waals surface area contributed by atoms with E-state index in [-0.39, 0.29) is 28.6 Å². The number of para-hydroxylation sites is 1. The van der Waals surface area contributed by atoms with E-state index in [0.29, 0.717) is 19.9 Å². The summed E-state index contributed by atoms with van der Waals surface area (Å²) in [4.78, 5) is 13.2. The second-order valence-electron chi connectivity index (χ2n) is 8.23. The van der Waals surface area contributed by atoms with Crippen molar-refractivity contribution in [2.75, 3.05) is 13.4 Å². The summed E-state index contributed by atoms with van der Waals surface area (Å²) < 4.78 is 13.0. The highest BCUT2D eigenvalue weighted by Gasteiger charge is 2.68. The highest BCUT2D eigenvalue weighted by Crippen LogP contribution is 2.69. The van der Waals surface area contributed by atoms with Crippen molar-refractivity contribution >= 4 is 16.7 Å². The van der Waals surface area contributed by atoms with Crippen molar-refractivity contribution < 1.29 is 14.3 Å². The van der Waals surface area contributed by atoms with E-state index in [1.165, 1.54) is 0 Å². The Morgan fingerprint density at radius 3 is 2.54 bits per heavy atom. The molecule has 2 heterocycles. The maximum atomic E-state index is 13.2. The Labute approximate surface area is 142 Å². The zero-order valence-corrected chi connectivity index (χ0v) is 14.8. The maximum absolute atomic E-state index is 13.2. The first-order valence-corrected chi connectivity index (χ1v) is 8.65. The summed E-state index contributed by atoms with van der Waals surface area (Å²) >= 11 is 0. The van der Waals surface area contributed by atoms with E-state index in [4.69, 9.17) is 9.47 Å². The number of hydrogen-bond acceptors (Lipinski definition) is 3. The monoisotopic (exact) mass is 327 g/mol. The number of carbonyl (C=O) groups is 1. The molecule has 1 saturated heterocycles. The van der Waals surface area contributed by atoms with Gasteiger partial charge >= 0.3 is 0 Å². The van der Waals surface area contributed by atoms with Gasteiger partial charge in [-0.1, -0.05) is 45.9 Å². The Balaban J connectivity index is 1.72. The quantitative estimate of drug-likeness (QED) is 0.800. The number of hydrogen-bond donors (Lipinski definition) is 0. The van der Waals surface area contributed by atoms with Crippen molar-refractivity contribution in [3.8, 4) is 0 Å². The van der Waals surface area contributed by atoms with Gasteiger partial charge in [-0.15, -0.1) is 0 Å². The van der Waals surface area contributed by atoms with Gasteiger partial charge in [0.25, 0.3) is 0 Å². The Morgan fingerprint density at radius 1 is 1.21 bits per heavy atom. The molecule has 0 spiro atoms. The molecular formula is C20H25NO3. The molecule has 0 radical (unpaired) electrons. The van der Waals surface area contributed by atoms with Crippen molar-refractivity contribution in [1.29, 1.82) is 0 Å². The number of rotatable bonds is 4. The fourth-order valence-electron chi connectivity index (χ4n) is 4.30. The van der Waals surface area contributed by atoms with Crippen LogP contribution in [0.1, 0.15) is 38.1 Å². The minimum atomic E-state index is 0.0513. The van der Waals surface area contributed by atoms with Crippen molar-refractivity contribution in [1.82, 2.24) is 4.57 Å². The van der Waals surface area contributed by atoms with Crippen LogP contribution in [0.2, 0.25) is 0 Å². The minimum Gasteiger partial charge on any atom is -0.353 e. The van der Waals surface area contributed by atoms with Crippen LogP contribution in [0.25, 0.3) is 10.9 Å². The summed E-state index contributed by atoms with van der Waals surface area (Å²) in [5.41, 5.74) is 2.03. The van der Waals surface area contributed by atoms with E-state index in [1.54, 1.807) is 0 Å². The molecule has 1 unspecified atom stereocenters. The van der Waals surface area contributed by atoms with Crippen molar-refractivity contribution in [3.63, 3.8) is 0 Å². The Bertz CT molecular complexity index is 782. The van der Waals surface area contributed by atoms with E-state index in [0.717, 1.165) is 16.5 Å². The van der Waals surface area contributed by atoms with E-state index in [1.807, 2.05) is 24.4 Å². The molecule has 1 saturated carbocycles. The molecule has 2 aliphatic rings. The number of aromatic nitrogens is 1. The van der Waals surface area contributed by atoms with Crippen LogP contribution in [0.3, 0.4) is 0 Å². The van der Waals surface area contributed by atoms with Crippen LogP contribution >= 0.6 is 0 Å². The van der Waals surface area contributed by atoms with Gasteiger partial charge < -0.3 is 14.0 Å². The molecule has 1 aliphatic carbocycles. The number of fused-ring (bicyclic) bond motifs is 1. The number of ether oxygens (including phenoxy) is 2. The van der Waals surface area contributed by atoms with Crippen LogP contribution < -0.4 is 0 Å². The van der Waals surface area contributed by atoms with Crippen LogP contribution in [0.15, 0.2) is 30.5 Å². The van der Waals surface area contributed by atoms with Crippen LogP contribution in [-0.2, 0) is 16.0 Å². The molecular weight excluding hydrogens is 302 g/mol. The largest absolute Gasteiger partial charge is 0.353 e. The van der Waals surface area contributed by atoms with Gasteiger partial charge in [0.15, 0.2) is 5.78 Å². The molecule has 1 aromatic heterocycles. The zero-order valence-electron chi connectivity index (χ0n) is 14.8. The predicted octanol–water partition coefficient (Wildman–Crippen LogP) is 3.88. The van der Waals surface area contributed by atoms with Gasteiger partial charge in [-0.25, -0.2) is 0 Å². The molecule has 0 N–H and O–H groups in total. The van der Waals surface area contributed by atoms with Crippen LogP contribution in [0.5, 0.6) is 0 Å². The lowest BCUT2D eigenvalue weighted by atomic mass is 10.0. The Hall–Kier alpha value is -1.65. The van der Waals surface area contributed by atoms with Crippen LogP contribution in [0, 0.1) is 16.7 Å². The third kappa shape index (κ3) is 2.16. The van der Waals surface area contributed by atoms with Crippen LogP contribution in [0.4, 0.5) is 0 Å². The molecule has 1 atom stereocenters. The van der Waals surface area contributed by atoms with Crippen molar-refractivity contribution in [3.05, 3.63) is 36.0 Å². The van der Waals surface area contributed by atoms with Gasteiger partial charge in [-0.2, -0.15) is 0 Å². The number of ketones is 1. The van der Waals surface area contributed by atoms with E-state index in [2.05, 4.69) is 38.3 Å². The van der Waals surface area contributed by atoms with Gasteiger partial charge in [-0.3, -0.25) is 4.79 Å². The van der Waals surface area contributed by atoms with E-state index < -0.39 is 0 Å².